The molecule has 4 nitrogen and oxygen atoms in total. The number of likely N-dealkylation sites (N-methyl/N-ethyl adjacent to an activating group) is 1. The van der Waals surface area contributed by atoms with Gasteiger partial charge in [-0.05, 0) is 40.2 Å². The van der Waals surface area contributed by atoms with Crippen LogP contribution in [-0.2, 0) is 6.42 Å². The van der Waals surface area contributed by atoms with Crippen molar-refractivity contribution in [1.29, 1.82) is 0 Å². The molecule has 1 aliphatic carbocycles. The van der Waals surface area contributed by atoms with Gasteiger partial charge in [0.2, 0.25) is 0 Å². The van der Waals surface area contributed by atoms with Crippen LogP contribution in [0.25, 0.3) is 0 Å². The lowest BCUT2D eigenvalue weighted by Gasteiger charge is -2.45. The second kappa shape index (κ2) is 4.72. The van der Waals surface area contributed by atoms with E-state index in [1.165, 1.54) is 22.1 Å². The molecule has 5 heteroatoms. The van der Waals surface area contributed by atoms with Crippen molar-refractivity contribution < 1.29 is 0 Å². The summed E-state index contributed by atoms with van der Waals surface area (Å²) in [6.07, 6.45) is 3.46. The molecule has 2 aliphatic rings. The van der Waals surface area contributed by atoms with Crippen LogP contribution < -0.4 is 10.6 Å². The number of anilines is 1. The summed E-state index contributed by atoms with van der Waals surface area (Å²) < 4.78 is 0. The first-order valence-corrected chi connectivity index (χ1v) is 8.00. The van der Waals surface area contributed by atoms with Crippen LogP contribution in [0.15, 0.2) is 0 Å². The predicted molar refractivity (Wildman–Crippen MR) is 80.9 cm³/mol. The summed E-state index contributed by atoms with van der Waals surface area (Å²) in [4.78, 5) is 11.1. The number of nitrogens with zero attached hydrogens (tertiary/aromatic N) is 3. The van der Waals surface area contributed by atoms with Gasteiger partial charge in [0.1, 0.15) is 0 Å². The molecule has 1 aromatic rings. The van der Waals surface area contributed by atoms with E-state index in [1.54, 1.807) is 0 Å². The number of thiazole rings is 1. The Bertz CT molecular complexity index is 468. The van der Waals surface area contributed by atoms with E-state index >= 15 is 0 Å². The molecule has 2 heterocycles. The average molecular weight is 280 g/mol. The van der Waals surface area contributed by atoms with Crippen molar-refractivity contribution in [2.24, 2.45) is 5.73 Å². The van der Waals surface area contributed by atoms with Gasteiger partial charge >= 0.3 is 0 Å². The molecule has 1 fully saturated rings. The van der Waals surface area contributed by atoms with Gasteiger partial charge in [0.15, 0.2) is 5.13 Å². The quantitative estimate of drug-likeness (QED) is 0.855. The molecule has 0 radical (unpaired) electrons. The highest BCUT2D eigenvalue weighted by molar-refractivity contribution is 7.15. The van der Waals surface area contributed by atoms with Gasteiger partial charge in [0.05, 0.1) is 5.69 Å². The van der Waals surface area contributed by atoms with Crippen LogP contribution in [0, 0.1) is 0 Å². The van der Waals surface area contributed by atoms with Gasteiger partial charge in [0, 0.05) is 36.1 Å². The molecule has 0 amide bonds. The topological polar surface area (TPSA) is 45.4 Å². The molecule has 19 heavy (non-hydrogen) atoms. The minimum atomic E-state index is 0.161. The second-order valence-corrected chi connectivity index (χ2v) is 7.52. The first-order valence-electron chi connectivity index (χ1n) is 7.19. The lowest BCUT2D eigenvalue weighted by atomic mass is 9.99. The van der Waals surface area contributed by atoms with Gasteiger partial charge in [0.25, 0.3) is 0 Å². The highest BCUT2D eigenvalue weighted by atomic mass is 32.1. The summed E-state index contributed by atoms with van der Waals surface area (Å²) in [6, 6.07) is 0.161. The number of aryl methyl sites for hydroxylation is 1. The smallest absolute Gasteiger partial charge is 0.185 e. The number of hydrogen-bond acceptors (Lipinski definition) is 5. The third-order valence-corrected chi connectivity index (χ3v) is 5.77. The van der Waals surface area contributed by atoms with Crippen molar-refractivity contribution in [1.82, 2.24) is 9.88 Å². The maximum Gasteiger partial charge on any atom is 0.185 e. The number of nitrogens with two attached hydrogens (primary N) is 1. The van der Waals surface area contributed by atoms with Crippen LogP contribution in [0.2, 0.25) is 0 Å². The predicted octanol–water partition coefficient (Wildman–Crippen LogP) is 2.01. The van der Waals surface area contributed by atoms with E-state index in [4.69, 9.17) is 10.7 Å². The summed E-state index contributed by atoms with van der Waals surface area (Å²) >= 11 is 1.86. The average Bonchev–Trinajstić information content (AvgIpc) is 2.78. The fourth-order valence-corrected chi connectivity index (χ4v) is 4.17. The molecular formula is C14H24N4S. The molecule has 106 valence electrons. The van der Waals surface area contributed by atoms with Crippen molar-refractivity contribution in [3.8, 4) is 0 Å². The summed E-state index contributed by atoms with van der Waals surface area (Å²) in [5.74, 6) is 0. The lowest BCUT2D eigenvalue weighted by Crippen LogP contribution is -2.57. The van der Waals surface area contributed by atoms with Gasteiger partial charge in [-0.15, -0.1) is 11.3 Å². The molecule has 3 rings (SSSR count). The highest BCUT2D eigenvalue weighted by Gasteiger charge is 2.33. The third-order valence-electron chi connectivity index (χ3n) is 4.57. The van der Waals surface area contributed by atoms with Gasteiger partial charge in [-0.1, -0.05) is 0 Å². The fraction of sp³-hybridized carbons (Fsp3) is 0.786. The van der Waals surface area contributed by atoms with Crippen LogP contribution in [0.3, 0.4) is 0 Å². The first kappa shape index (κ1) is 13.3. The minimum Gasteiger partial charge on any atom is -0.345 e. The van der Waals surface area contributed by atoms with E-state index in [1.807, 2.05) is 11.3 Å². The molecule has 0 saturated carbocycles. The zero-order valence-electron chi connectivity index (χ0n) is 12.1. The molecule has 1 saturated heterocycles. The van der Waals surface area contributed by atoms with Crippen LogP contribution in [-0.4, -0.2) is 42.1 Å². The van der Waals surface area contributed by atoms with Gasteiger partial charge in [-0.2, -0.15) is 0 Å². The molecule has 1 aromatic heterocycles. The Hall–Kier alpha value is -0.650. The summed E-state index contributed by atoms with van der Waals surface area (Å²) in [7, 11) is 2.21. The number of fused-ring (bicyclic) bond motifs is 1. The van der Waals surface area contributed by atoms with E-state index in [2.05, 4.69) is 30.7 Å². The largest absolute Gasteiger partial charge is 0.345 e. The SMILES string of the molecule is CN1CCN(c2nc3c(s2)CCCC3N)CC1(C)C. The third kappa shape index (κ3) is 2.39. The summed E-state index contributed by atoms with van der Waals surface area (Å²) in [5.41, 5.74) is 7.57. The number of rotatable bonds is 1. The van der Waals surface area contributed by atoms with Crippen LogP contribution >= 0.6 is 11.3 Å². The summed E-state index contributed by atoms with van der Waals surface area (Å²) in [5, 5.41) is 1.18. The highest BCUT2D eigenvalue weighted by Crippen LogP contribution is 2.36. The van der Waals surface area contributed by atoms with Crippen molar-refractivity contribution in [3.63, 3.8) is 0 Å². The molecular weight excluding hydrogens is 256 g/mol. The van der Waals surface area contributed by atoms with E-state index in [9.17, 15) is 0 Å². The zero-order chi connectivity index (χ0) is 13.6. The fourth-order valence-electron chi connectivity index (χ4n) is 2.98. The Morgan fingerprint density at radius 2 is 2.16 bits per heavy atom. The van der Waals surface area contributed by atoms with Crippen molar-refractivity contribution >= 4 is 16.5 Å². The minimum absolute atomic E-state index is 0.161. The number of piperazine rings is 1. The first-order chi connectivity index (χ1) is 8.97. The van der Waals surface area contributed by atoms with Crippen molar-refractivity contribution in [2.45, 2.75) is 44.7 Å². The maximum absolute atomic E-state index is 6.18. The Kier molecular flexibility index (Phi) is 3.31. The Morgan fingerprint density at radius 1 is 1.37 bits per heavy atom. The standard InChI is InChI=1S/C14H24N4S/c1-14(2)9-18(8-7-17(14)3)13-16-12-10(15)5-4-6-11(12)19-13/h10H,4-9,15H2,1-3H3. The molecule has 1 atom stereocenters. The number of aromatic nitrogens is 1. The molecule has 1 unspecified atom stereocenters. The second-order valence-electron chi connectivity index (χ2n) is 6.46. The summed E-state index contributed by atoms with van der Waals surface area (Å²) in [6.45, 7) is 7.83. The van der Waals surface area contributed by atoms with Gasteiger partial charge in [-0.3, -0.25) is 4.90 Å². The molecule has 1 aliphatic heterocycles. The molecule has 0 bridgehead atoms. The van der Waals surface area contributed by atoms with E-state index in [0.29, 0.717) is 0 Å². The van der Waals surface area contributed by atoms with E-state index in [-0.39, 0.29) is 11.6 Å². The Balaban J connectivity index is 1.83. The van der Waals surface area contributed by atoms with Crippen molar-refractivity contribution in [2.75, 3.05) is 31.6 Å². The van der Waals surface area contributed by atoms with Gasteiger partial charge in [-0.25, -0.2) is 4.98 Å². The van der Waals surface area contributed by atoms with Crippen LogP contribution in [0.4, 0.5) is 5.13 Å². The molecule has 2 N–H and O–H groups in total. The van der Waals surface area contributed by atoms with Crippen molar-refractivity contribution in [3.05, 3.63) is 10.6 Å². The Morgan fingerprint density at radius 3 is 2.84 bits per heavy atom. The monoisotopic (exact) mass is 280 g/mol. The lowest BCUT2D eigenvalue weighted by molar-refractivity contribution is 0.139. The van der Waals surface area contributed by atoms with E-state index < -0.39 is 0 Å². The van der Waals surface area contributed by atoms with Gasteiger partial charge < -0.3 is 10.6 Å². The van der Waals surface area contributed by atoms with Crippen LogP contribution in [0.5, 0.6) is 0 Å². The Labute approximate surface area is 119 Å². The van der Waals surface area contributed by atoms with Crippen LogP contribution in [0.1, 0.15) is 43.3 Å². The number of hydrogen-bond donors (Lipinski definition) is 1. The zero-order valence-corrected chi connectivity index (χ0v) is 13.0. The maximum atomic E-state index is 6.18. The molecule has 0 aromatic carbocycles. The van der Waals surface area contributed by atoms with E-state index in [0.717, 1.165) is 32.5 Å². The normalized spacial score (nSPS) is 27.4. The molecule has 0 spiro atoms.